The normalized spacial score (nSPS) is 23.5. The Morgan fingerprint density at radius 1 is 0.921 bits per heavy atom. The average Bonchev–Trinajstić information content (AvgIpc) is 3.53. The standard InChI is InChI=1S/C30H31ClN6S/c1-20-16-21(2)19-35(18-20)25-12-11-22(17-23(25)31)37-29(28(34-30(37)38)24-8-3-5-13-32-24)26-9-7-15-36(26)27-10-4-6-14-33-27/h3-15,17,20-21,28-29H,16,18-19H2,1-2H3,(H,34,38)/t20-,21+,28-,29-/m1/s1. The fraction of sp³-hybridized carbons (Fsp3) is 0.300. The number of pyridine rings is 2. The Morgan fingerprint density at radius 2 is 1.68 bits per heavy atom. The van der Waals surface area contributed by atoms with Crippen molar-refractivity contribution in [2.45, 2.75) is 32.4 Å². The number of nitrogens with one attached hydrogen (secondary N) is 1. The zero-order valence-corrected chi connectivity index (χ0v) is 23.1. The lowest BCUT2D eigenvalue weighted by Crippen LogP contribution is -2.38. The van der Waals surface area contributed by atoms with E-state index in [2.05, 4.69) is 67.8 Å². The summed E-state index contributed by atoms with van der Waals surface area (Å²) in [4.78, 5) is 13.9. The van der Waals surface area contributed by atoms with E-state index in [1.165, 1.54) is 6.42 Å². The van der Waals surface area contributed by atoms with Gasteiger partial charge >= 0.3 is 0 Å². The molecular formula is C30H31ClN6S. The summed E-state index contributed by atoms with van der Waals surface area (Å²) in [5.41, 5.74) is 4.02. The van der Waals surface area contributed by atoms with Crippen molar-refractivity contribution < 1.29 is 0 Å². The molecule has 4 atom stereocenters. The molecular weight excluding hydrogens is 512 g/mol. The van der Waals surface area contributed by atoms with Crippen LogP contribution in [0.3, 0.4) is 0 Å². The highest BCUT2D eigenvalue weighted by Crippen LogP contribution is 2.44. The molecule has 2 aliphatic rings. The molecule has 8 heteroatoms. The summed E-state index contributed by atoms with van der Waals surface area (Å²) in [6.07, 6.45) is 6.93. The molecule has 6 rings (SSSR count). The zero-order chi connectivity index (χ0) is 26.2. The Kier molecular flexibility index (Phi) is 6.80. The van der Waals surface area contributed by atoms with Gasteiger partial charge in [0.25, 0.3) is 0 Å². The molecule has 0 unspecified atom stereocenters. The first kappa shape index (κ1) is 24.9. The van der Waals surface area contributed by atoms with Gasteiger partial charge in [-0.2, -0.15) is 0 Å². The number of thiocarbonyl (C=S) groups is 1. The maximum absolute atomic E-state index is 6.98. The van der Waals surface area contributed by atoms with Crippen molar-refractivity contribution in [3.8, 4) is 5.82 Å². The van der Waals surface area contributed by atoms with E-state index in [9.17, 15) is 0 Å². The molecule has 6 nitrogen and oxygen atoms in total. The highest BCUT2D eigenvalue weighted by atomic mass is 35.5. The first-order valence-electron chi connectivity index (χ1n) is 13.1. The summed E-state index contributed by atoms with van der Waals surface area (Å²) in [7, 11) is 0. The highest BCUT2D eigenvalue weighted by molar-refractivity contribution is 7.80. The van der Waals surface area contributed by atoms with Crippen molar-refractivity contribution in [1.82, 2.24) is 19.9 Å². The third-order valence-electron chi connectivity index (χ3n) is 7.50. The van der Waals surface area contributed by atoms with Crippen LogP contribution in [0.5, 0.6) is 0 Å². The SMILES string of the molecule is C[C@@H]1C[C@H](C)CN(c2ccc(N3C(=S)N[C@H](c4ccccn4)[C@H]3c3cccn3-c3ccccn3)cc2Cl)C1. The van der Waals surface area contributed by atoms with E-state index in [0.717, 1.165) is 46.7 Å². The number of anilines is 2. The van der Waals surface area contributed by atoms with E-state index >= 15 is 0 Å². The number of halogens is 1. The number of piperidine rings is 1. The van der Waals surface area contributed by atoms with E-state index < -0.39 is 0 Å². The molecule has 0 radical (unpaired) electrons. The van der Waals surface area contributed by atoms with Crippen molar-refractivity contribution in [3.05, 3.63) is 102 Å². The minimum Gasteiger partial charge on any atom is -0.370 e. The first-order valence-corrected chi connectivity index (χ1v) is 13.9. The summed E-state index contributed by atoms with van der Waals surface area (Å²) < 4.78 is 2.12. The zero-order valence-electron chi connectivity index (χ0n) is 21.5. The number of hydrogen-bond donors (Lipinski definition) is 1. The van der Waals surface area contributed by atoms with Crippen LogP contribution < -0.4 is 15.1 Å². The Morgan fingerprint density at radius 3 is 2.37 bits per heavy atom. The number of aromatic nitrogens is 3. The van der Waals surface area contributed by atoms with Crippen molar-refractivity contribution in [3.63, 3.8) is 0 Å². The van der Waals surface area contributed by atoms with Crippen LogP contribution in [0.15, 0.2) is 85.3 Å². The minimum atomic E-state index is -0.161. The van der Waals surface area contributed by atoms with Crippen LogP contribution in [0.1, 0.15) is 43.7 Å². The van der Waals surface area contributed by atoms with Crippen LogP contribution in [-0.4, -0.2) is 32.7 Å². The van der Waals surface area contributed by atoms with Crippen LogP contribution in [0.4, 0.5) is 11.4 Å². The quantitative estimate of drug-likeness (QED) is 0.287. The van der Waals surface area contributed by atoms with Crippen molar-refractivity contribution in [1.29, 1.82) is 0 Å². The second-order valence-electron chi connectivity index (χ2n) is 10.5. The maximum Gasteiger partial charge on any atom is 0.174 e. The van der Waals surface area contributed by atoms with Crippen LogP contribution in [0.2, 0.25) is 5.02 Å². The summed E-state index contributed by atoms with van der Waals surface area (Å²) >= 11 is 12.9. The number of nitrogens with zero attached hydrogens (tertiary/aromatic N) is 5. The van der Waals surface area contributed by atoms with Gasteiger partial charge in [0.05, 0.1) is 22.4 Å². The number of rotatable bonds is 5. The van der Waals surface area contributed by atoms with E-state index in [0.29, 0.717) is 16.9 Å². The van der Waals surface area contributed by atoms with Crippen molar-refractivity contribution in [2.24, 2.45) is 11.8 Å². The monoisotopic (exact) mass is 542 g/mol. The summed E-state index contributed by atoms with van der Waals surface area (Å²) in [6, 6.07) is 22.1. The maximum atomic E-state index is 6.98. The van der Waals surface area contributed by atoms with Gasteiger partial charge in [0, 0.05) is 43.1 Å². The van der Waals surface area contributed by atoms with Gasteiger partial charge < -0.3 is 19.7 Å². The largest absolute Gasteiger partial charge is 0.370 e. The lowest BCUT2D eigenvalue weighted by molar-refractivity contribution is 0.357. The third kappa shape index (κ3) is 4.65. The summed E-state index contributed by atoms with van der Waals surface area (Å²) in [5, 5.41) is 4.94. The van der Waals surface area contributed by atoms with Gasteiger partial charge in [0.2, 0.25) is 0 Å². The molecule has 2 fully saturated rings. The predicted octanol–water partition coefficient (Wildman–Crippen LogP) is 6.58. The van der Waals surface area contributed by atoms with E-state index in [-0.39, 0.29) is 12.1 Å². The molecule has 0 bridgehead atoms. The van der Waals surface area contributed by atoms with Crippen molar-refractivity contribution >= 4 is 40.3 Å². The smallest absolute Gasteiger partial charge is 0.174 e. The molecule has 0 aliphatic carbocycles. The fourth-order valence-electron chi connectivity index (χ4n) is 6.04. The summed E-state index contributed by atoms with van der Waals surface area (Å²) in [5.74, 6) is 2.15. The average molecular weight is 543 g/mol. The molecule has 0 saturated carbocycles. The van der Waals surface area contributed by atoms with Crippen LogP contribution >= 0.6 is 23.8 Å². The molecule has 0 amide bonds. The van der Waals surface area contributed by atoms with Crippen LogP contribution in [0, 0.1) is 11.8 Å². The van der Waals surface area contributed by atoms with Crippen molar-refractivity contribution in [2.75, 3.05) is 22.9 Å². The molecule has 2 aliphatic heterocycles. The molecule has 2 saturated heterocycles. The van der Waals surface area contributed by atoms with Gasteiger partial charge in [-0.05, 0) is 85.1 Å². The van der Waals surface area contributed by atoms with E-state index in [4.69, 9.17) is 23.8 Å². The molecule has 38 heavy (non-hydrogen) atoms. The van der Waals surface area contributed by atoms with Crippen LogP contribution in [-0.2, 0) is 0 Å². The number of hydrogen-bond acceptors (Lipinski definition) is 4. The Labute approximate surface area is 234 Å². The molecule has 5 heterocycles. The fourth-order valence-corrected chi connectivity index (χ4v) is 6.68. The van der Waals surface area contributed by atoms with E-state index in [1.807, 2.05) is 61.1 Å². The second-order valence-corrected chi connectivity index (χ2v) is 11.3. The summed E-state index contributed by atoms with van der Waals surface area (Å²) in [6.45, 7) is 6.68. The highest BCUT2D eigenvalue weighted by Gasteiger charge is 2.42. The lowest BCUT2D eigenvalue weighted by Gasteiger charge is -2.37. The van der Waals surface area contributed by atoms with Gasteiger partial charge in [-0.1, -0.05) is 37.6 Å². The second kappa shape index (κ2) is 10.4. The molecule has 1 N–H and O–H groups in total. The van der Waals surface area contributed by atoms with Gasteiger partial charge in [-0.25, -0.2) is 4.98 Å². The Bertz CT molecular complexity index is 1420. The third-order valence-corrected chi connectivity index (χ3v) is 8.11. The topological polar surface area (TPSA) is 49.2 Å². The van der Waals surface area contributed by atoms with Gasteiger partial charge in [-0.15, -0.1) is 0 Å². The first-order chi connectivity index (χ1) is 18.5. The Hall–Kier alpha value is -3.42. The minimum absolute atomic E-state index is 0.150. The predicted molar refractivity (Wildman–Crippen MR) is 158 cm³/mol. The lowest BCUT2D eigenvalue weighted by atomic mass is 9.91. The number of benzene rings is 1. The molecule has 3 aromatic heterocycles. The van der Waals surface area contributed by atoms with Crippen LogP contribution in [0.25, 0.3) is 5.82 Å². The van der Waals surface area contributed by atoms with Gasteiger partial charge in [-0.3, -0.25) is 4.98 Å². The molecule has 4 aromatic rings. The van der Waals surface area contributed by atoms with E-state index in [1.54, 1.807) is 0 Å². The molecule has 0 spiro atoms. The molecule has 1 aromatic carbocycles. The molecule has 194 valence electrons. The Balaban J connectivity index is 1.42. The van der Waals surface area contributed by atoms with Gasteiger partial charge in [0.1, 0.15) is 11.9 Å². The van der Waals surface area contributed by atoms with Gasteiger partial charge in [0.15, 0.2) is 5.11 Å².